The van der Waals surface area contributed by atoms with Gasteiger partial charge < -0.3 is 20.1 Å². The number of carboxylic acid groups (broad SMARTS) is 1. The first-order valence-electron chi connectivity index (χ1n) is 12.1. The molecule has 0 radical (unpaired) electrons. The number of benzene rings is 2. The Morgan fingerprint density at radius 1 is 1.00 bits per heavy atom. The van der Waals surface area contributed by atoms with E-state index in [1.807, 2.05) is 29.2 Å². The largest absolute Gasteiger partial charge is 0.481 e. The molecule has 2 amide bonds. The minimum Gasteiger partial charge on any atom is -0.481 e. The summed E-state index contributed by atoms with van der Waals surface area (Å²) in [6, 6.07) is 16.4. The molecule has 3 fully saturated rings. The van der Waals surface area contributed by atoms with Crippen molar-refractivity contribution in [3.05, 3.63) is 59.7 Å². The van der Waals surface area contributed by atoms with Gasteiger partial charge in [0.05, 0.1) is 5.92 Å². The zero-order valence-corrected chi connectivity index (χ0v) is 18.9. The van der Waals surface area contributed by atoms with E-state index in [9.17, 15) is 19.5 Å². The van der Waals surface area contributed by atoms with Gasteiger partial charge in [-0.05, 0) is 52.8 Å². The Labute approximate surface area is 198 Å². The molecule has 0 aromatic heterocycles. The van der Waals surface area contributed by atoms with Gasteiger partial charge in [0.1, 0.15) is 6.61 Å². The second-order valence-electron chi connectivity index (χ2n) is 10.1. The molecule has 0 bridgehead atoms. The number of hydrogen-bond acceptors (Lipinski definition) is 4. The molecule has 6 rings (SSSR count). The molecule has 176 valence electrons. The molecule has 2 saturated carbocycles. The Balaban J connectivity index is 0.979. The molecular weight excluding hydrogens is 432 g/mol. The Morgan fingerprint density at radius 2 is 1.68 bits per heavy atom. The number of rotatable bonds is 6. The van der Waals surface area contributed by atoms with Gasteiger partial charge in [0.15, 0.2) is 0 Å². The number of aliphatic carboxylic acids is 1. The third-order valence-corrected chi connectivity index (χ3v) is 8.18. The zero-order valence-electron chi connectivity index (χ0n) is 18.9. The second-order valence-corrected chi connectivity index (χ2v) is 10.1. The first kappa shape index (κ1) is 21.2. The summed E-state index contributed by atoms with van der Waals surface area (Å²) in [6.07, 6.45) is 1.08. The molecule has 7 nitrogen and oxygen atoms in total. The molecule has 1 aliphatic heterocycles. The van der Waals surface area contributed by atoms with Crippen molar-refractivity contribution in [1.82, 2.24) is 10.2 Å². The molecule has 1 heterocycles. The molecule has 7 heteroatoms. The predicted molar refractivity (Wildman–Crippen MR) is 124 cm³/mol. The van der Waals surface area contributed by atoms with Gasteiger partial charge in [0.25, 0.3) is 0 Å². The lowest BCUT2D eigenvalue weighted by molar-refractivity contribution is -0.139. The SMILES string of the molecule is O=C(NC[C@H]1C[C@H]1C(=O)N1CCC2C(C1)C2C(=O)O)OCC1c2ccccc2-c2ccccc21. The maximum atomic E-state index is 12.8. The molecule has 2 aromatic carbocycles. The highest BCUT2D eigenvalue weighted by Crippen LogP contribution is 2.52. The fraction of sp³-hybridized carbons (Fsp3) is 0.444. The first-order valence-corrected chi connectivity index (χ1v) is 12.1. The van der Waals surface area contributed by atoms with E-state index in [4.69, 9.17) is 4.74 Å². The van der Waals surface area contributed by atoms with Crippen LogP contribution in [0.3, 0.4) is 0 Å². The summed E-state index contributed by atoms with van der Waals surface area (Å²) >= 11 is 0. The van der Waals surface area contributed by atoms with Crippen LogP contribution in [0, 0.1) is 29.6 Å². The fourth-order valence-electron chi connectivity index (χ4n) is 6.18. The van der Waals surface area contributed by atoms with Crippen molar-refractivity contribution in [2.75, 3.05) is 26.2 Å². The van der Waals surface area contributed by atoms with Crippen molar-refractivity contribution in [3.63, 3.8) is 0 Å². The van der Waals surface area contributed by atoms with Crippen LogP contribution >= 0.6 is 0 Å². The van der Waals surface area contributed by atoms with Gasteiger partial charge in [-0.15, -0.1) is 0 Å². The third-order valence-electron chi connectivity index (χ3n) is 8.18. The third kappa shape index (κ3) is 3.63. The van der Waals surface area contributed by atoms with Gasteiger partial charge in [-0.2, -0.15) is 0 Å². The van der Waals surface area contributed by atoms with E-state index in [-0.39, 0.29) is 48.0 Å². The topological polar surface area (TPSA) is 95.9 Å². The van der Waals surface area contributed by atoms with E-state index in [2.05, 4.69) is 29.6 Å². The number of carbonyl (C=O) groups excluding carboxylic acids is 2. The summed E-state index contributed by atoms with van der Waals surface area (Å²) in [5.41, 5.74) is 4.73. The Kier molecular flexibility index (Phi) is 5.08. The van der Waals surface area contributed by atoms with E-state index in [1.165, 1.54) is 22.3 Å². The number of amides is 2. The lowest BCUT2D eigenvalue weighted by Gasteiger charge is -2.26. The summed E-state index contributed by atoms with van der Waals surface area (Å²) in [7, 11) is 0. The van der Waals surface area contributed by atoms with E-state index >= 15 is 0 Å². The lowest BCUT2D eigenvalue weighted by atomic mass is 9.98. The molecule has 34 heavy (non-hydrogen) atoms. The number of alkyl carbamates (subject to hydrolysis) is 1. The van der Waals surface area contributed by atoms with Gasteiger partial charge in [-0.1, -0.05) is 48.5 Å². The number of nitrogens with one attached hydrogen (secondary N) is 1. The zero-order chi connectivity index (χ0) is 23.4. The number of hydrogen-bond donors (Lipinski definition) is 2. The average molecular weight is 461 g/mol. The van der Waals surface area contributed by atoms with E-state index in [0.717, 1.165) is 12.8 Å². The predicted octanol–water partition coefficient (Wildman–Crippen LogP) is 3.34. The molecule has 0 spiro atoms. The summed E-state index contributed by atoms with van der Waals surface area (Å²) in [4.78, 5) is 38.3. The quantitative estimate of drug-likeness (QED) is 0.689. The number of ether oxygens (including phenoxy) is 1. The highest BCUT2D eigenvalue weighted by Gasteiger charge is 2.58. The van der Waals surface area contributed by atoms with Crippen molar-refractivity contribution >= 4 is 18.0 Å². The highest BCUT2D eigenvalue weighted by atomic mass is 16.5. The number of fused-ring (bicyclic) bond motifs is 4. The van der Waals surface area contributed by atoms with Crippen LogP contribution in [-0.4, -0.2) is 54.2 Å². The summed E-state index contributed by atoms with van der Waals surface area (Å²) < 4.78 is 5.58. The number of carbonyl (C=O) groups is 3. The van der Waals surface area contributed by atoms with Crippen molar-refractivity contribution in [2.24, 2.45) is 29.6 Å². The second kappa shape index (κ2) is 8.15. The van der Waals surface area contributed by atoms with E-state index in [1.54, 1.807) is 0 Å². The summed E-state index contributed by atoms with van der Waals surface area (Å²) in [5.74, 6) is -0.475. The van der Waals surface area contributed by atoms with Crippen molar-refractivity contribution in [3.8, 4) is 11.1 Å². The molecule has 1 saturated heterocycles. The average Bonchev–Trinajstić information content (AvgIpc) is 3.75. The van der Waals surface area contributed by atoms with Gasteiger partial charge >= 0.3 is 12.1 Å². The molecule has 5 atom stereocenters. The maximum Gasteiger partial charge on any atom is 0.407 e. The van der Waals surface area contributed by atoms with Crippen molar-refractivity contribution < 1.29 is 24.2 Å². The van der Waals surface area contributed by atoms with Gasteiger partial charge in [0, 0.05) is 31.5 Å². The maximum absolute atomic E-state index is 12.8. The van der Waals surface area contributed by atoms with Crippen LogP contribution in [0.15, 0.2) is 48.5 Å². The molecule has 3 aliphatic carbocycles. The summed E-state index contributed by atoms with van der Waals surface area (Å²) in [6.45, 7) is 1.90. The monoisotopic (exact) mass is 460 g/mol. The minimum absolute atomic E-state index is 0.0216. The Morgan fingerprint density at radius 3 is 2.35 bits per heavy atom. The summed E-state index contributed by atoms with van der Waals surface area (Å²) in [5, 5.41) is 12.1. The first-order chi connectivity index (χ1) is 16.5. The Bertz CT molecular complexity index is 1120. The highest BCUT2D eigenvalue weighted by molar-refractivity contribution is 5.83. The molecular formula is C27H28N2O5. The van der Waals surface area contributed by atoms with Crippen LogP contribution in [0.5, 0.6) is 0 Å². The van der Waals surface area contributed by atoms with Crippen LogP contribution < -0.4 is 5.32 Å². The van der Waals surface area contributed by atoms with Gasteiger partial charge in [-0.25, -0.2) is 4.79 Å². The normalized spacial score (nSPS) is 28.4. The van der Waals surface area contributed by atoms with Gasteiger partial charge in [0.2, 0.25) is 5.91 Å². The number of nitrogens with zero attached hydrogens (tertiary/aromatic N) is 1. The Hall–Kier alpha value is -3.35. The molecule has 3 unspecified atom stereocenters. The molecule has 2 N–H and O–H groups in total. The van der Waals surface area contributed by atoms with Crippen molar-refractivity contribution in [1.29, 1.82) is 0 Å². The molecule has 4 aliphatic rings. The lowest BCUT2D eigenvalue weighted by Crippen LogP contribution is -2.38. The van der Waals surface area contributed by atoms with Crippen LogP contribution in [0.25, 0.3) is 11.1 Å². The van der Waals surface area contributed by atoms with Crippen LogP contribution in [0.4, 0.5) is 4.79 Å². The fourth-order valence-corrected chi connectivity index (χ4v) is 6.18. The number of likely N-dealkylation sites (tertiary alicyclic amines) is 1. The smallest absolute Gasteiger partial charge is 0.407 e. The number of carboxylic acids is 1. The minimum atomic E-state index is -0.735. The van der Waals surface area contributed by atoms with Gasteiger partial charge in [-0.3, -0.25) is 9.59 Å². The van der Waals surface area contributed by atoms with Crippen molar-refractivity contribution in [2.45, 2.75) is 18.8 Å². The number of piperidine rings is 1. The standard InChI is InChI=1S/C27H28N2O5/c30-25(29-10-9-20-22(13-29)24(20)26(31)32)21-11-15(21)12-28-27(33)34-14-23-18-7-3-1-5-16(18)17-6-2-4-8-19(17)23/h1-8,15,20-24H,9-14H2,(H,28,33)(H,31,32)/t15-,20?,21-,22?,24?/m1/s1. The van der Waals surface area contributed by atoms with Crippen LogP contribution in [-0.2, 0) is 14.3 Å². The van der Waals surface area contributed by atoms with Crippen LogP contribution in [0.2, 0.25) is 0 Å². The van der Waals surface area contributed by atoms with E-state index < -0.39 is 12.1 Å². The van der Waals surface area contributed by atoms with Crippen LogP contribution in [0.1, 0.15) is 29.9 Å². The molecule has 2 aromatic rings. The van der Waals surface area contributed by atoms with E-state index in [0.29, 0.717) is 19.6 Å².